The number of hydrogen-bond acceptors (Lipinski definition) is 3. The van der Waals surface area contributed by atoms with Crippen LogP contribution in [0.25, 0.3) is 0 Å². The largest absolute Gasteiger partial charge is 0.468 e. The molecule has 1 saturated heterocycles. The molecule has 78 valence electrons. The van der Waals surface area contributed by atoms with Crippen LogP contribution in [-0.4, -0.2) is 69.8 Å². The molecule has 0 radical (unpaired) electrons. The quantitative estimate of drug-likeness (QED) is 0.409. The normalized spacial score (nSPS) is 21.9. The highest BCUT2D eigenvalue weighted by molar-refractivity contribution is 6.34. The first-order valence-corrected chi connectivity index (χ1v) is 7.62. The summed E-state index contributed by atoms with van der Waals surface area (Å²) in [5.41, 5.74) is 0. The first kappa shape index (κ1) is 11.4. The van der Waals surface area contributed by atoms with Crippen molar-refractivity contribution < 1.29 is 4.12 Å². The third kappa shape index (κ3) is 4.92. The van der Waals surface area contributed by atoms with Gasteiger partial charge in [0, 0.05) is 26.2 Å². The molecule has 0 aromatic heterocycles. The zero-order valence-corrected chi connectivity index (χ0v) is 12.4. The summed E-state index contributed by atoms with van der Waals surface area (Å²) < 4.78 is 5.30. The van der Waals surface area contributed by atoms with Gasteiger partial charge in [-0.2, -0.15) is 0 Å². The van der Waals surface area contributed by atoms with Gasteiger partial charge in [0.25, 0.3) is 0 Å². The van der Waals surface area contributed by atoms with E-state index in [1.165, 1.54) is 45.2 Å². The van der Waals surface area contributed by atoms with Gasteiger partial charge in [0.15, 0.2) is 0 Å². The maximum Gasteiger partial charge on any atom is 0.145 e. The van der Waals surface area contributed by atoms with E-state index < -0.39 is 0 Å². The van der Waals surface area contributed by atoms with E-state index >= 15 is 0 Å². The van der Waals surface area contributed by atoms with E-state index in [0.29, 0.717) is 0 Å². The fourth-order valence-corrected chi connectivity index (χ4v) is 3.24. The van der Waals surface area contributed by atoms with Gasteiger partial charge >= 0.3 is 0 Å². The van der Waals surface area contributed by atoms with Crippen molar-refractivity contribution in [3.8, 4) is 0 Å². The van der Waals surface area contributed by atoms with Crippen LogP contribution >= 0.6 is 0 Å². The summed E-state index contributed by atoms with van der Waals surface area (Å²) in [5.74, 6) is 0. The highest BCUT2D eigenvalue weighted by Crippen LogP contribution is 2.01. The molecule has 0 N–H and O–H groups in total. The zero-order valence-electron chi connectivity index (χ0n) is 8.96. The van der Waals surface area contributed by atoms with Gasteiger partial charge in [-0.25, -0.2) is 0 Å². The zero-order chi connectivity index (χ0) is 9.52. The van der Waals surface area contributed by atoms with Crippen molar-refractivity contribution in [3.05, 3.63) is 0 Å². The summed E-state index contributed by atoms with van der Waals surface area (Å²) in [6, 6.07) is 1.37. The molecule has 0 aromatic carbocycles. The van der Waals surface area contributed by atoms with Crippen LogP contribution < -0.4 is 0 Å². The molecule has 3 nitrogen and oxygen atoms in total. The standard InChI is InChI=1S/C8H22N2OSi2/c1-9-4-6-10(7-5-9)3-2-8-13-11-12/h2-8,13H2,1,12H3. The minimum Gasteiger partial charge on any atom is -0.468 e. The predicted octanol–water partition coefficient (Wildman–Crippen LogP) is -1.58. The summed E-state index contributed by atoms with van der Waals surface area (Å²) in [6.07, 6.45) is 1.36. The van der Waals surface area contributed by atoms with Gasteiger partial charge in [-0.15, -0.1) is 0 Å². The maximum absolute atomic E-state index is 5.30. The second kappa shape index (κ2) is 6.72. The average molecular weight is 218 g/mol. The van der Waals surface area contributed by atoms with E-state index in [4.69, 9.17) is 4.12 Å². The number of hydrogen-bond donors (Lipinski definition) is 0. The molecule has 1 fully saturated rings. The lowest BCUT2D eigenvalue weighted by atomic mass is 10.3. The molecule has 0 bridgehead atoms. The first-order valence-electron chi connectivity index (χ1n) is 5.23. The minimum absolute atomic E-state index is 0.111. The Morgan fingerprint density at radius 1 is 1.31 bits per heavy atom. The molecule has 1 heterocycles. The van der Waals surface area contributed by atoms with Crippen molar-refractivity contribution in [3.63, 3.8) is 0 Å². The number of likely N-dealkylation sites (N-methyl/N-ethyl adjacent to an activating group) is 1. The van der Waals surface area contributed by atoms with Crippen LogP contribution in [0.2, 0.25) is 6.04 Å². The Kier molecular flexibility index (Phi) is 5.89. The Morgan fingerprint density at radius 3 is 2.62 bits per heavy atom. The molecule has 0 aliphatic carbocycles. The van der Waals surface area contributed by atoms with Crippen LogP contribution in [0.5, 0.6) is 0 Å². The second-order valence-corrected chi connectivity index (χ2v) is 7.27. The van der Waals surface area contributed by atoms with Crippen LogP contribution in [0.3, 0.4) is 0 Å². The smallest absolute Gasteiger partial charge is 0.145 e. The second-order valence-electron chi connectivity index (χ2n) is 3.84. The van der Waals surface area contributed by atoms with Gasteiger partial charge in [-0.1, -0.05) is 0 Å². The van der Waals surface area contributed by atoms with E-state index in [2.05, 4.69) is 16.8 Å². The van der Waals surface area contributed by atoms with Gasteiger partial charge < -0.3 is 13.9 Å². The fraction of sp³-hybridized carbons (Fsp3) is 1.00. The van der Waals surface area contributed by atoms with Crippen molar-refractivity contribution in [1.29, 1.82) is 0 Å². The van der Waals surface area contributed by atoms with Gasteiger partial charge in [0.2, 0.25) is 0 Å². The summed E-state index contributed by atoms with van der Waals surface area (Å²) in [4.78, 5) is 4.99. The van der Waals surface area contributed by atoms with Crippen LogP contribution in [0.1, 0.15) is 6.42 Å². The number of rotatable bonds is 5. The van der Waals surface area contributed by atoms with Gasteiger partial charge in [0.1, 0.15) is 20.2 Å². The Morgan fingerprint density at radius 2 is 2.00 bits per heavy atom. The van der Waals surface area contributed by atoms with Crippen molar-refractivity contribution in [1.82, 2.24) is 9.80 Å². The van der Waals surface area contributed by atoms with Crippen molar-refractivity contribution >= 4 is 20.2 Å². The number of nitrogens with zero attached hydrogens (tertiary/aromatic N) is 2. The van der Waals surface area contributed by atoms with Crippen molar-refractivity contribution in [2.75, 3.05) is 39.8 Å². The molecule has 0 unspecified atom stereocenters. The van der Waals surface area contributed by atoms with E-state index in [0.717, 1.165) is 10.5 Å². The van der Waals surface area contributed by atoms with Crippen LogP contribution in [0, 0.1) is 0 Å². The highest BCUT2D eigenvalue weighted by Gasteiger charge is 2.12. The molecule has 0 amide bonds. The number of piperazine rings is 1. The molecule has 0 aromatic rings. The van der Waals surface area contributed by atoms with E-state index in [9.17, 15) is 0 Å². The summed E-state index contributed by atoms with van der Waals surface area (Å²) >= 11 is 0. The third-order valence-electron chi connectivity index (χ3n) is 2.67. The summed E-state index contributed by atoms with van der Waals surface area (Å²) in [5, 5.41) is 0. The molecular weight excluding hydrogens is 196 g/mol. The fourth-order valence-electron chi connectivity index (χ4n) is 1.65. The molecule has 13 heavy (non-hydrogen) atoms. The highest BCUT2D eigenvalue weighted by atomic mass is 28.3. The van der Waals surface area contributed by atoms with Gasteiger partial charge in [0.05, 0.1) is 0 Å². The molecular formula is C8H22N2OSi2. The Labute approximate surface area is 86.9 Å². The Balaban J connectivity index is 1.96. The topological polar surface area (TPSA) is 15.7 Å². The SMILES string of the molecule is CN1CCN(CCC[SiH2]O[SiH3])CC1. The summed E-state index contributed by atoms with van der Waals surface area (Å²) in [7, 11) is 3.05. The monoisotopic (exact) mass is 218 g/mol. The van der Waals surface area contributed by atoms with Gasteiger partial charge in [-0.3, -0.25) is 0 Å². The molecule has 1 aliphatic rings. The lowest BCUT2D eigenvalue weighted by Gasteiger charge is -2.32. The van der Waals surface area contributed by atoms with Crippen molar-refractivity contribution in [2.45, 2.75) is 12.5 Å². The van der Waals surface area contributed by atoms with Gasteiger partial charge in [-0.05, 0) is 26.1 Å². The Bertz CT molecular complexity index is 129. The van der Waals surface area contributed by atoms with E-state index in [1.807, 2.05) is 0 Å². The molecule has 0 atom stereocenters. The molecule has 1 aliphatic heterocycles. The molecule has 5 heteroatoms. The maximum atomic E-state index is 5.30. The summed E-state index contributed by atoms with van der Waals surface area (Å²) in [6.45, 7) is 6.31. The van der Waals surface area contributed by atoms with Crippen LogP contribution in [-0.2, 0) is 4.12 Å². The van der Waals surface area contributed by atoms with Crippen LogP contribution in [0.15, 0.2) is 0 Å². The predicted molar refractivity (Wildman–Crippen MR) is 62.9 cm³/mol. The molecule has 1 rings (SSSR count). The average Bonchev–Trinajstić information content (AvgIpc) is 2.15. The van der Waals surface area contributed by atoms with Crippen LogP contribution in [0.4, 0.5) is 0 Å². The lowest BCUT2D eigenvalue weighted by molar-refractivity contribution is 0.154. The molecule has 0 spiro atoms. The van der Waals surface area contributed by atoms with E-state index in [1.54, 1.807) is 0 Å². The minimum atomic E-state index is -0.111. The molecule has 0 saturated carbocycles. The first-order chi connectivity index (χ1) is 6.33. The third-order valence-corrected chi connectivity index (χ3v) is 5.09. The van der Waals surface area contributed by atoms with Crippen molar-refractivity contribution in [2.24, 2.45) is 0 Å². The Hall–Kier alpha value is 0.314. The van der Waals surface area contributed by atoms with E-state index in [-0.39, 0.29) is 9.76 Å². The lowest BCUT2D eigenvalue weighted by Crippen LogP contribution is -2.44.